The van der Waals surface area contributed by atoms with Gasteiger partial charge in [-0.2, -0.15) is 14.7 Å². The predicted molar refractivity (Wildman–Crippen MR) is 114 cm³/mol. The highest BCUT2D eigenvalue weighted by Gasteiger charge is 2.32. The molecule has 1 aliphatic rings. The molecular formula is C22H21N5O3S. The van der Waals surface area contributed by atoms with E-state index < -0.39 is 10.0 Å². The lowest BCUT2D eigenvalue weighted by Crippen LogP contribution is -2.50. The molecule has 4 rings (SSSR count). The van der Waals surface area contributed by atoms with Crippen LogP contribution in [0, 0.1) is 18.3 Å². The molecule has 0 bridgehead atoms. The summed E-state index contributed by atoms with van der Waals surface area (Å²) in [5.74, 6) is -0.229. The van der Waals surface area contributed by atoms with Crippen molar-refractivity contribution in [3.63, 3.8) is 0 Å². The lowest BCUT2D eigenvalue weighted by molar-refractivity contribution is 0.0691. The molecule has 1 aliphatic heterocycles. The van der Waals surface area contributed by atoms with Gasteiger partial charge in [0.2, 0.25) is 10.0 Å². The Hall–Kier alpha value is -3.48. The van der Waals surface area contributed by atoms with Gasteiger partial charge in [0.25, 0.3) is 5.91 Å². The van der Waals surface area contributed by atoms with Gasteiger partial charge in [-0.3, -0.25) is 4.79 Å². The number of benzene rings is 2. The molecule has 0 saturated carbocycles. The van der Waals surface area contributed by atoms with Crippen molar-refractivity contribution < 1.29 is 13.2 Å². The fraction of sp³-hybridized carbons (Fsp3) is 0.227. The molecule has 0 aliphatic carbocycles. The van der Waals surface area contributed by atoms with Crippen molar-refractivity contribution >= 4 is 15.9 Å². The monoisotopic (exact) mass is 435 g/mol. The summed E-state index contributed by atoms with van der Waals surface area (Å²) in [5, 5.41) is 13.7. The minimum absolute atomic E-state index is 0.00509. The summed E-state index contributed by atoms with van der Waals surface area (Å²) in [6.45, 7) is 2.71. The topological polar surface area (TPSA) is 99.3 Å². The first-order valence-electron chi connectivity index (χ1n) is 9.82. The van der Waals surface area contributed by atoms with E-state index in [-0.39, 0.29) is 42.5 Å². The molecule has 0 radical (unpaired) electrons. The van der Waals surface area contributed by atoms with Crippen LogP contribution in [0.1, 0.15) is 21.7 Å². The summed E-state index contributed by atoms with van der Waals surface area (Å²) in [6, 6.07) is 19.4. The number of rotatable bonds is 4. The Balaban J connectivity index is 1.48. The molecule has 8 nitrogen and oxygen atoms in total. The second kappa shape index (κ2) is 8.34. The lowest BCUT2D eigenvalue weighted by atomic mass is 10.2. The van der Waals surface area contributed by atoms with Gasteiger partial charge in [-0.15, -0.1) is 0 Å². The Morgan fingerprint density at radius 3 is 2.32 bits per heavy atom. The van der Waals surface area contributed by atoms with E-state index in [1.165, 1.54) is 16.4 Å². The predicted octanol–water partition coefficient (Wildman–Crippen LogP) is 2.20. The number of nitrogens with zero attached hydrogens (tertiary/aromatic N) is 5. The summed E-state index contributed by atoms with van der Waals surface area (Å²) < 4.78 is 29.0. The smallest absolute Gasteiger partial charge is 0.274 e. The van der Waals surface area contributed by atoms with E-state index >= 15 is 0 Å². The van der Waals surface area contributed by atoms with Crippen molar-refractivity contribution in [2.24, 2.45) is 0 Å². The molecule has 9 heteroatoms. The van der Waals surface area contributed by atoms with Crippen LogP contribution in [0.3, 0.4) is 0 Å². The maximum absolute atomic E-state index is 13.0. The Bertz CT molecular complexity index is 1250. The largest absolute Gasteiger partial charge is 0.335 e. The maximum Gasteiger partial charge on any atom is 0.274 e. The van der Waals surface area contributed by atoms with E-state index in [2.05, 4.69) is 5.10 Å². The van der Waals surface area contributed by atoms with Crippen LogP contribution in [0.4, 0.5) is 0 Å². The minimum Gasteiger partial charge on any atom is -0.335 e. The SMILES string of the molecule is Cc1cc(C(=O)N2CCN(S(=O)(=O)c3ccccc3C#N)CC2)nn1-c1ccccc1. The van der Waals surface area contributed by atoms with Crippen molar-refractivity contribution in [3.8, 4) is 11.8 Å². The summed E-state index contributed by atoms with van der Waals surface area (Å²) >= 11 is 0. The Kier molecular flexibility index (Phi) is 5.59. The van der Waals surface area contributed by atoms with Gasteiger partial charge < -0.3 is 4.90 Å². The molecular weight excluding hydrogens is 414 g/mol. The third-order valence-corrected chi connectivity index (χ3v) is 7.22. The first-order chi connectivity index (χ1) is 14.9. The molecule has 2 aromatic carbocycles. The van der Waals surface area contributed by atoms with Crippen molar-refractivity contribution in [1.82, 2.24) is 19.0 Å². The molecule has 0 N–H and O–H groups in total. The molecule has 2 heterocycles. The number of amides is 1. The quantitative estimate of drug-likeness (QED) is 0.626. The summed E-state index contributed by atoms with van der Waals surface area (Å²) in [4.78, 5) is 14.6. The zero-order valence-electron chi connectivity index (χ0n) is 17.0. The van der Waals surface area contributed by atoms with E-state index in [4.69, 9.17) is 0 Å². The van der Waals surface area contributed by atoms with Gasteiger partial charge in [-0.25, -0.2) is 13.1 Å². The summed E-state index contributed by atoms with van der Waals surface area (Å²) in [7, 11) is -3.80. The van der Waals surface area contributed by atoms with Crippen LogP contribution in [-0.2, 0) is 10.0 Å². The highest BCUT2D eigenvalue weighted by atomic mass is 32.2. The van der Waals surface area contributed by atoms with Gasteiger partial charge >= 0.3 is 0 Å². The fourth-order valence-electron chi connectivity index (χ4n) is 3.63. The van der Waals surface area contributed by atoms with Crippen LogP contribution in [0.15, 0.2) is 65.6 Å². The summed E-state index contributed by atoms with van der Waals surface area (Å²) in [5.41, 5.74) is 2.14. The average molecular weight is 436 g/mol. The van der Waals surface area contributed by atoms with E-state index in [0.717, 1.165) is 11.4 Å². The second-order valence-corrected chi connectivity index (χ2v) is 9.13. The first-order valence-corrected chi connectivity index (χ1v) is 11.3. The standard InChI is InChI=1S/C22H21N5O3S/c1-17-15-20(24-27(17)19-8-3-2-4-9-19)22(28)25-11-13-26(14-12-25)31(29,30)21-10-6-5-7-18(21)16-23/h2-10,15H,11-14H2,1H3. The Morgan fingerprint density at radius 2 is 1.65 bits per heavy atom. The second-order valence-electron chi connectivity index (χ2n) is 7.22. The number of nitriles is 1. The molecule has 0 spiro atoms. The molecule has 0 unspecified atom stereocenters. The van der Waals surface area contributed by atoms with Crippen molar-refractivity contribution in [3.05, 3.63) is 77.6 Å². The van der Waals surface area contributed by atoms with E-state index in [9.17, 15) is 18.5 Å². The molecule has 31 heavy (non-hydrogen) atoms. The zero-order chi connectivity index (χ0) is 22.0. The Morgan fingerprint density at radius 1 is 1.00 bits per heavy atom. The van der Waals surface area contributed by atoms with Gasteiger partial charge in [0, 0.05) is 31.9 Å². The third kappa shape index (κ3) is 3.95. The zero-order valence-corrected chi connectivity index (χ0v) is 17.8. The molecule has 158 valence electrons. The molecule has 1 fully saturated rings. The molecule has 0 atom stereocenters. The molecule has 1 saturated heterocycles. The Labute approximate surface area is 181 Å². The number of hydrogen-bond acceptors (Lipinski definition) is 5. The average Bonchev–Trinajstić information content (AvgIpc) is 3.20. The van der Waals surface area contributed by atoms with Gasteiger partial charge in [-0.1, -0.05) is 30.3 Å². The van der Waals surface area contributed by atoms with E-state index in [0.29, 0.717) is 5.69 Å². The van der Waals surface area contributed by atoms with E-state index in [1.807, 2.05) is 43.3 Å². The van der Waals surface area contributed by atoms with Crippen LogP contribution in [-0.4, -0.2) is 59.5 Å². The highest BCUT2D eigenvalue weighted by molar-refractivity contribution is 7.89. The fourth-order valence-corrected chi connectivity index (χ4v) is 5.19. The number of para-hydroxylation sites is 1. The van der Waals surface area contributed by atoms with Crippen molar-refractivity contribution in [1.29, 1.82) is 5.26 Å². The number of aryl methyl sites for hydroxylation is 1. The van der Waals surface area contributed by atoms with E-state index in [1.54, 1.807) is 27.8 Å². The van der Waals surface area contributed by atoms with Crippen molar-refractivity contribution in [2.75, 3.05) is 26.2 Å². The molecule has 1 aromatic heterocycles. The maximum atomic E-state index is 13.0. The number of carbonyl (C=O) groups is 1. The van der Waals surface area contributed by atoms with Gasteiger partial charge in [0.15, 0.2) is 5.69 Å². The third-order valence-electron chi connectivity index (χ3n) is 5.26. The van der Waals surface area contributed by atoms with Crippen LogP contribution < -0.4 is 0 Å². The van der Waals surface area contributed by atoms with Crippen LogP contribution in [0.2, 0.25) is 0 Å². The lowest BCUT2D eigenvalue weighted by Gasteiger charge is -2.33. The van der Waals surface area contributed by atoms with Gasteiger partial charge in [0.1, 0.15) is 6.07 Å². The molecule has 3 aromatic rings. The normalized spacial score (nSPS) is 14.9. The summed E-state index contributed by atoms with van der Waals surface area (Å²) in [6.07, 6.45) is 0. The number of piperazine rings is 1. The number of carbonyl (C=O) groups excluding carboxylic acids is 1. The van der Waals surface area contributed by atoms with Crippen molar-refractivity contribution in [2.45, 2.75) is 11.8 Å². The highest BCUT2D eigenvalue weighted by Crippen LogP contribution is 2.22. The van der Waals surface area contributed by atoms with Gasteiger partial charge in [-0.05, 0) is 37.3 Å². The van der Waals surface area contributed by atoms with Gasteiger partial charge in [0.05, 0.1) is 16.1 Å². The minimum atomic E-state index is -3.80. The number of sulfonamides is 1. The van der Waals surface area contributed by atoms with Crippen LogP contribution in [0.25, 0.3) is 5.69 Å². The number of hydrogen-bond donors (Lipinski definition) is 0. The number of aromatic nitrogens is 2. The van der Waals surface area contributed by atoms with Crippen LogP contribution in [0.5, 0.6) is 0 Å². The molecule has 1 amide bonds. The first kappa shape index (κ1) is 20.8. The van der Waals surface area contributed by atoms with Crippen LogP contribution >= 0.6 is 0 Å².